The van der Waals surface area contributed by atoms with E-state index in [1.54, 1.807) is 19.2 Å². The summed E-state index contributed by atoms with van der Waals surface area (Å²) in [5.41, 5.74) is 8.69. The summed E-state index contributed by atoms with van der Waals surface area (Å²) in [6.07, 6.45) is 0. The van der Waals surface area contributed by atoms with E-state index in [0.717, 1.165) is 10.7 Å². The van der Waals surface area contributed by atoms with Gasteiger partial charge in [0.15, 0.2) is 0 Å². The maximum Gasteiger partial charge on any atom is 0.214 e. The van der Waals surface area contributed by atoms with Crippen molar-refractivity contribution >= 4 is 17.4 Å². The van der Waals surface area contributed by atoms with Crippen LogP contribution in [0, 0.1) is 13.8 Å². The van der Waals surface area contributed by atoms with E-state index in [2.05, 4.69) is 9.97 Å². The minimum absolute atomic E-state index is 0.552. The van der Waals surface area contributed by atoms with Gasteiger partial charge in [-0.15, -0.1) is 0 Å². The smallest absolute Gasteiger partial charge is 0.214 e. The van der Waals surface area contributed by atoms with Crippen molar-refractivity contribution in [2.24, 2.45) is 0 Å². The molecule has 0 saturated carbocycles. The van der Waals surface area contributed by atoms with Gasteiger partial charge >= 0.3 is 0 Å². The van der Waals surface area contributed by atoms with Crippen LogP contribution in [-0.2, 0) is 0 Å². The molecule has 0 aliphatic carbocycles. The second-order valence-corrected chi connectivity index (χ2v) is 4.98. The summed E-state index contributed by atoms with van der Waals surface area (Å²) in [6, 6.07) is 7.58. The Bertz CT molecular complexity index is 552. The highest BCUT2D eigenvalue weighted by Gasteiger charge is 2.07. The van der Waals surface area contributed by atoms with Gasteiger partial charge in [-0.25, -0.2) is 9.97 Å². The average molecular weight is 261 g/mol. The normalized spacial score (nSPS) is 10.4. The third kappa shape index (κ3) is 2.92. The van der Waals surface area contributed by atoms with Gasteiger partial charge in [-0.3, -0.25) is 0 Å². The van der Waals surface area contributed by atoms with E-state index in [1.165, 1.54) is 17.3 Å². The number of nitrogen functional groups attached to an aromatic ring is 1. The first-order valence-corrected chi connectivity index (χ1v) is 6.34. The molecule has 0 bridgehead atoms. The summed E-state index contributed by atoms with van der Waals surface area (Å²) in [6.45, 7) is 4.01. The number of hydrogen-bond acceptors (Lipinski definition) is 5. The standard InChI is InChI=1S/C13H15N3OS/c1-8-6-9(2)15-12(7-8)18-13-10(14)4-5-11(16-13)17-3/h4-7H,14H2,1-3H3. The largest absolute Gasteiger partial charge is 0.481 e. The molecule has 2 aromatic rings. The molecule has 0 unspecified atom stereocenters. The molecule has 0 radical (unpaired) electrons. The lowest BCUT2D eigenvalue weighted by Crippen LogP contribution is -1.96. The van der Waals surface area contributed by atoms with Crippen LogP contribution in [0.1, 0.15) is 11.3 Å². The summed E-state index contributed by atoms with van der Waals surface area (Å²) in [7, 11) is 1.59. The third-order valence-electron chi connectivity index (χ3n) is 2.35. The molecule has 0 aliphatic rings. The first-order valence-electron chi connectivity index (χ1n) is 5.52. The Kier molecular flexibility index (Phi) is 3.72. The van der Waals surface area contributed by atoms with Crippen molar-refractivity contribution < 1.29 is 4.74 Å². The summed E-state index contributed by atoms with van der Waals surface area (Å²) >= 11 is 1.44. The minimum atomic E-state index is 0.552. The van der Waals surface area contributed by atoms with Gasteiger partial charge in [0.2, 0.25) is 5.88 Å². The van der Waals surface area contributed by atoms with Crippen LogP contribution in [-0.4, -0.2) is 17.1 Å². The minimum Gasteiger partial charge on any atom is -0.481 e. The molecule has 0 aromatic carbocycles. The lowest BCUT2D eigenvalue weighted by Gasteiger charge is -2.07. The van der Waals surface area contributed by atoms with E-state index in [9.17, 15) is 0 Å². The Morgan fingerprint density at radius 1 is 1.17 bits per heavy atom. The van der Waals surface area contributed by atoms with Crippen LogP contribution in [0.15, 0.2) is 34.3 Å². The number of anilines is 1. The van der Waals surface area contributed by atoms with E-state index in [4.69, 9.17) is 10.5 Å². The van der Waals surface area contributed by atoms with E-state index in [1.807, 2.05) is 26.0 Å². The number of ether oxygens (including phenoxy) is 1. The average Bonchev–Trinajstić information content (AvgIpc) is 2.30. The summed E-state index contributed by atoms with van der Waals surface area (Å²) < 4.78 is 5.09. The first kappa shape index (κ1) is 12.7. The van der Waals surface area contributed by atoms with Crippen molar-refractivity contribution in [1.29, 1.82) is 0 Å². The molecule has 0 saturated heterocycles. The van der Waals surface area contributed by atoms with Gasteiger partial charge in [0.05, 0.1) is 12.8 Å². The van der Waals surface area contributed by atoms with E-state index in [0.29, 0.717) is 16.6 Å². The van der Waals surface area contributed by atoms with Gasteiger partial charge in [-0.05, 0) is 49.4 Å². The monoisotopic (exact) mass is 261 g/mol. The van der Waals surface area contributed by atoms with Crippen LogP contribution in [0.3, 0.4) is 0 Å². The molecule has 2 rings (SSSR count). The molecule has 0 spiro atoms. The van der Waals surface area contributed by atoms with Gasteiger partial charge in [-0.2, -0.15) is 0 Å². The van der Waals surface area contributed by atoms with Crippen molar-refractivity contribution in [3.63, 3.8) is 0 Å². The van der Waals surface area contributed by atoms with Gasteiger partial charge in [0, 0.05) is 11.8 Å². The van der Waals surface area contributed by atoms with E-state index >= 15 is 0 Å². The van der Waals surface area contributed by atoms with Crippen LogP contribution in [0.25, 0.3) is 0 Å². The van der Waals surface area contributed by atoms with Crippen LogP contribution in [0.5, 0.6) is 5.88 Å². The van der Waals surface area contributed by atoms with Crippen molar-refractivity contribution in [1.82, 2.24) is 9.97 Å². The molecule has 94 valence electrons. The van der Waals surface area contributed by atoms with Crippen molar-refractivity contribution in [2.75, 3.05) is 12.8 Å². The van der Waals surface area contributed by atoms with Crippen LogP contribution in [0.4, 0.5) is 5.69 Å². The molecule has 0 atom stereocenters. The number of nitrogens with two attached hydrogens (primary N) is 1. The number of rotatable bonds is 3. The molecule has 2 heterocycles. The Labute approximate surface area is 111 Å². The van der Waals surface area contributed by atoms with Crippen molar-refractivity contribution in [2.45, 2.75) is 23.9 Å². The lowest BCUT2D eigenvalue weighted by molar-refractivity contribution is 0.395. The Morgan fingerprint density at radius 3 is 2.61 bits per heavy atom. The maximum atomic E-state index is 5.90. The highest BCUT2D eigenvalue weighted by Crippen LogP contribution is 2.31. The zero-order valence-corrected chi connectivity index (χ0v) is 11.4. The van der Waals surface area contributed by atoms with Crippen molar-refractivity contribution in [3.8, 4) is 5.88 Å². The van der Waals surface area contributed by atoms with Crippen LogP contribution >= 0.6 is 11.8 Å². The number of aryl methyl sites for hydroxylation is 2. The molecule has 0 amide bonds. The zero-order valence-electron chi connectivity index (χ0n) is 10.6. The number of nitrogens with zero attached hydrogens (tertiary/aromatic N) is 2. The fourth-order valence-electron chi connectivity index (χ4n) is 1.59. The number of pyridine rings is 2. The summed E-state index contributed by atoms with van der Waals surface area (Å²) in [4.78, 5) is 8.77. The maximum absolute atomic E-state index is 5.90. The molecular formula is C13H15N3OS. The molecule has 2 N–H and O–H groups in total. The molecule has 0 aliphatic heterocycles. The number of methoxy groups -OCH3 is 1. The van der Waals surface area contributed by atoms with Crippen LogP contribution < -0.4 is 10.5 Å². The van der Waals surface area contributed by atoms with E-state index in [-0.39, 0.29) is 0 Å². The fourth-order valence-corrected chi connectivity index (χ4v) is 2.54. The number of aromatic nitrogens is 2. The Morgan fingerprint density at radius 2 is 1.94 bits per heavy atom. The quantitative estimate of drug-likeness (QED) is 0.920. The summed E-state index contributed by atoms with van der Waals surface area (Å²) in [5, 5.41) is 1.60. The third-order valence-corrected chi connectivity index (χ3v) is 3.29. The SMILES string of the molecule is COc1ccc(N)c(Sc2cc(C)cc(C)n2)n1. The van der Waals surface area contributed by atoms with Crippen LogP contribution in [0.2, 0.25) is 0 Å². The van der Waals surface area contributed by atoms with Crippen molar-refractivity contribution in [3.05, 3.63) is 35.5 Å². The fraction of sp³-hybridized carbons (Fsp3) is 0.231. The Hall–Kier alpha value is -1.75. The summed E-state index contributed by atoms with van der Waals surface area (Å²) in [5.74, 6) is 0.552. The predicted molar refractivity (Wildman–Crippen MR) is 73.0 cm³/mol. The molecular weight excluding hydrogens is 246 g/mol. The molecule has 5 heteroatoms. The lowest BCUT2D eigenvalue weighted by atomic mass is 10.3. The predicted octanol–water partition coefficient (Wildman–Crippen LogP) is 2.84. The van der Waals surface area contributed by atoms with Gasteiger partial charge < -0.3 is 10.5 Å². The van der Waals surface area contributed by atoms with Gasteiger partial charge in [-0.1, -0.05) is 0 Å². The molecule has 4 nitrogen and oxygen atoms in total. The van der Waals surface area contributed by atoms with Gasteiger partial charge in [0.25, 0.3) is 0 Å². The highest BCUT2D eigenvalue weighted by atomic mass is 32.2. The Balaban J connectivity index is 2.33. The second kappa shape index (κ2) is 5.27. The molecule has 0 fully saturated rings. The van der Waals surface area contributed by atoms with Gasteiger partial charge in [0.1, 0.15) is 10.1 Å². The second-order valence-electron chi connectivity index (χ2n) is 3.97. The first-order chi connectivity index (χ1) is 8.58. The molecule has 2 aromatic heterocycles. The topological polar surface area (TPSA) is 61.0 Å². The highest BCUT2D eigenvalue weighted by molar-refractivity contribution is 7.99. The van der Waals surface area contributed by atoms with E-state index < -0.39 is 0 Å². The number of hydrogen-bond donors (Lipinski definition) is 1. The zero-order chi connectivity index (χ0) is 13.1. The molecule has 18 heavy (non-hydrogen) atoms.